The van der Waals surface area contributed by atoms with Gasteiger partial charge in [-0.15, -0.1) is 0 Å². The van der Waals surface area contributed by atoms with Crippen LogP contribution >= 0.6 is 0 Å². The normalized spacial score (nSPS) is 17.6. The fraction of sp³-hybridized carbons (Fsp3) is 0.289. The zero-order chi connectivity index (χ0) is 37.9. The molecule has 0 saturated carbocycles. The van der Waals surface area contributed by atoms with E-state index in [0.717, 1.165) is 98.4 Å². The quantitative estimate of drug-likeness (QED) is 0.173. The topological polar surface area (TPSA) is 116 Å². The summed E-state index contributed by atoms with van der Waals surface area (Å²) < 4.78 is 20.0. The zero-order valence-electron chi connectivity index (χ0n) is 30.9. The second-order valence-corrected chi connectivity index (χ2v) is 15.2. The van der Waals surface area contributed by atoms with Crippen LogP contribution in [-0.4, -0.2) is 77.1 Å². The zero-order valence-corrected chi connectivity index (χ0v) is 30.9. The highest BCUT2D eigenvalue weighted by Crippen LogP contribution is 2.47. The van der Waals surface area contributed by atoms with Gasteiger partial charge < -0.3 is 38.6 Å². The maximum Gasteiger partial charge on any atom is 0.335 e. The highest BCUT2D eigenvalue weighted by atomic mass is 16.7. The molecule has 0 radical (unpaired) electrons. The van der Waals surface area contributed by atoms with E-state index in [4.69, 9.17) is 14.2 Å². The van der Waals surface area contributed by atoms with Gasteiger partial charge in [-0.25, -0.2) is 4.79 Å². The number of aromatic carboxylic acids is 1. The third-order valence-electron chi connectivity index (χ3n) is 11.9. The van der Waals surface area contributed by atoms with Gasteiger partial charge in [-0.3, -0.25) is 9.69 Å². The number of hydrogen-bond acceptors (Lipinski definition) is 8. The first kappa shape index (κ1) is 34.5. The monoisotopic (exact) mass is 750 g/mol. The van der Waals surface area contributed by atoms with Crippen molar-refractivity contribution < 1.29 is 34.0 Å². The molecule has 10 rings (SSSR count). The Bertz CT molecular complexity index is 2510. The molecule has 2 N–H and O–H groups in total. The number of rotatable bonds is 8. The van der Waals surface area contributed by atoms with Crippen molar-refractivity contribution in [1.82, 2.24) is 9.30 Å². The van der Waals surface area contributed by atoms with Crippen molar-refractivity contribution >= 4 is 39.5 Å². The predicted molar refractivity (Wildman–Crippen MR) is 212 cm³/mol. The average molecular weight is 751 g/mol. The van der Waals surface area contributed by atoms with Crippen molar-refractivity contribution in [2.75, 3.05) is 49.4 Å². The summed E-state index contributed by atoms with van der Waals surface area (Å²) in [5.41, 5.74) is 9.22. The van der Waals surface area contributed by atoms with Gasteiger partial charge in [0.2, 0.25) is 6.79 Å². The summed E-state index contributed by atoms with van der Waals surface area (Å²) in [6.45, 7) is 5.35. The molecule has 0 aliphatic carbocycles. The lowest BCUT2D eigenvalue weighted by atomic mass is 9.91. The minimum atomic E-state index is -1.01. The Morgan fingerprint density at radius 3 is 2.29 bits per heavy atom. The number of phenols is 1. The molecule has 11 heteroatoms. The molecule has 4 aliphatic rings. The third kappa shape index (κ3) is 5.98. The van der Waals surface area contributed by atoms with Crippen LogP contribution in [0.3, 0.4) is 0 Å². The van der Waals surface area contributed by atoms with Gasteiger partial charge in [0, 0.05) is 60.1 Å². The minimum absolute atomic E-state index is 0.103. The largest absolute Gasteiger partial charge is 0.508 e. The van der Waals surface area contributed by atoms with Crippen molar-refractivity contribution in [2.45, 2.75) is 44.8 Å². The molecule has 4 aromatic carbocycles. The first-order valence-electron chi connectivity index (χ1n) is 19.4. The number of nitrogens with zero attached hydrogens (tertiary/aromatic N) is 4. The Labute approximate surface area is 323 Å². The number of aromatic hydroxyl groups is 1. The molecule has 1 atom stereocenters. The molecule has 11 nitrogen and oxygen atoms in total. The van der Waals surface area contributed by atoms with E-state index in [0.29, 0.717) is 17.0 Å². The molecular formula is C45H42N4O7. The Kier molecular flexibility index (Phi) is 8.56. The van der Waals surface area contributed by atoms with Crippen LogP contribution in [0.25, 0.3) is 16.3 Å². The third-order valence-corrected chi connectivity index (χ3v) is 11.9. The summed E-state index contributed by atoms with van der Waals surface area (Å²) in [7, 11) is 0. The molecule has 56 heavy (non-hydrogen) atoms. The summed E-state index contributed by atoms with van der Waals surface area (Å²) >= 11 is 0. The second-order valence-electron chi connectivity index (χ2n) is 15.2. The number of fused-ring (bicyclic) bond motifs is 4. The van der Waals surface area contributed by atoms with Crippen molar-refractivity contribution in [3.8, 4) is 17.2 Å². The fourth-order valence-electron chi connectivity index (χ4n) is 9.16. The van der Waals surface area contributed by atoms with Crippen LogP contribution in [0.15, 0.2) is 91.0 Å². The van der Waals surface area contributed by atoms with E-state index < -0.39 is 5.97 Å². The van der Waals surface area contributed by atoms with E-state index >= 15 is 4.79 Å². The molecule has 0 unspecified atom stereocenters. The Hall–Kier alpha value is -6.04. The Balaban J connectivity index is 1.15. The molecule has 4 aliphatic heterocycles. The number of carboxylic acid groups (broad SMARTS) is 1. The number of amides is 1. The van der Waals surface area contributed by atoms with E-state index in [1.165, 1.54) is 22.5 Å². The SMILES string of the molecule is O=C(O)c1ccc(CN(C(=O)c2cc3c4cc5c(cc4c(N4Cc6ccccc6C[C@H]4CN4CCOCC4)c4n3c2CCC4)OCO5)c2ccc(O)cc2)cc1. The van der Waals surface area contributed by atoms with Crippen LogP contribution in [0.1, 0.15) is 55.2 Å². The number of phenolic OH excluding ortho intramolecular Hbond substituents is 1. The van der Waals surface area contributed by atoms with Crippen LogP contribution < -0.4 is 19.3 Å². The van der Waals surface area contributed by atoms with Crippen LogP contribution in [0, 0.1) is 0 Å². The van der Waals surface area contributed by atoms with Gasteiger partial charge in [0.1, 0.15) is 5.75 Å². The molecule has 0 bridgehead atoms. The summed E-state index contributed by atoms with van der Waals surface area (Å²) in [5, 5.41) is 21.7. The lowest BCUT2D eigenvalue weighted by Gasteiger charge is -2.43. The number of ether oxygens (including phenoxy) is 3. The summed E-state index contributed by atoms with van der Waals surface area (Å²) in [5.74, 6) is 0.344. The van der Waals surface area contributed by atoms with E-state index in [2.05, 4.69) is 50.6 Å². The number of morpholine rings is 1. The number of carbonyl (C=O) groups is 2. The highest BCUT2D eigenvalue weighted by molar-refractivity contribution is 6.12. The molecule has 1 fully saturated rings. The van der Waals surface area contributed by atoms with Crippen molar-refractivity contribution in [3.05, 3.63) is 130 Å². The number of anilines is 2. The number of aromatic nitrogens is 1. The predicted octanol–water partition coefficient (Wildman–Crippen LogP) is 6.82. The molecule has 284 valence electrons. The molecule has 2 aromatic heterocycles. The van der Waals surface area contributed by atoms with E-state index in [-0.39, 0.29) is 36.6 Å². The molecule has 6 heterocycles. The average Bonchev–Trinajstić information content (AvgIpc) is 3.86. The van der Waals surface area contributed by atoms with Crippen LogP contribution in [-0.2, 0) is 37.1 Å². The maximum atomic E-state index is 15.1. The second kappa shape index (κ2) is 13.9. The molecule has 1 amide bonds. The fourth-order valence-corrected chi connectivity index (χ4v) is 9.16. The number of pyridine rings is 1. The summed E-state index contributed by atoms with van der Waals surface area (Å²) in [6, 6.07) is 28.5. The van der Waals surface area contributed by atoms with Gasteiger partial charge in [0.15, 0.2) is 11.5 Å². The van der Waals surface area contributed by atoms with E-state index in [9.17, 15) is 15.0 Å². The standard InChI is InChI=1S/C45H42N4O7/c50-34-14-12-32(13-15-34)48(24-28-8-10-29(11-9-28)45(52)53)44(51)37-21-40-35-22-41-42(56-27-55-41)23-36(35)43(39-7-3-6-38(37)49(39)40)47-25-31-5-2-1-4-30(31)20-33(47)26-46-16-18-54-19-17-46/h1-2,4-5,8-15,21-23,33,50H,3,6-7,16-20,24-27H2,(H,52,53)/t33-/m0/s1. The lowest BCUT2D eigenvalue weighted by Crippen LogP contribution is -2.50. The number of hydrogen-bond donors (Lipinski definition) is 2. The number of carbonyl (C=O) groups excluding carboxylic acids is 1. The van der Waals surface area contributed by atoms with E-state index in [1.807, 2.05) is 6.07 Å². The van der Waals surface area contributed by atoms with Crippen molar-refractivity contribution in [1.29, 1.82) is 0 Å². The Morgan fingerprint density at radius 2 is 1.54 bits per heavy atom. The van der Waals surface area contributed by atoms with Crippen LogP contribution in [0.4, 0.5) is 11.4 Å². The van der Waals surface area contributed by atoms with Gasteiger partial charge in [-0.05, 0) is 97.0 Å². The Morgan fingerprint density at radius 1 is 0.821 bits per heavy atom. The number of aryl methyl sites for hydroxylation is 2. The first-order valence-corrected chi connectivity index (χ1v) is 19.4. The van der Waals surface area contributed by atoms with Crippen LogP contribution in [0.5, 0.6) is 17.2 Å². The number of benzene rings is 4. The van der Waals surface area contributed by atoms with Gasteiger partial charge >= 0.3 is 5.97 Å². The molecule has 6 aromatic rings. The lowest BCUT2D eigenvalue weighted by molar-refractivity contribution is 0.0346. The molecular weight excluding hydrogens is 709 g/mol. The highest BCUT2D eigenvalue weighted by Gasteiger charge is 2.35. The van der Waals surface area contributed by atoms with Crippen molar-refractivity contribution in [2.24, 2.45) is 0 Å². The number of carboxylic acids is 1. The maximum absolute atomic E-state index is 15.1. The van der Waals surface area contributed by atoms with Crippen LogP contribution in [0.2, 0.25) is 0 Å². The summed E-state index contributed by atoms with van der Waals surface area (Å²) in [4.78, 5) is 33.6. The van der Waals surface area contributed by atoms with Gasteiger partial charge in [0.25, 0.3) is 5.91 Å². The van der Waals surface area contributed by atoms with Gasteiger partial charge in [0.05, 0.1) is 42.1 Å². The van der Waals surface area contributed by atoms with Gasteiger partial charge in [-0.1, -0.05) is 36.4 Å². The first-order chi connectivity index (χ1) is 27.4. The summed E-state index contributed by atoms with van der Waals surface area (Å²) in [6.07, 6.45) is 3.39. The van der Waals surface area contributed by atoms with Crippen molar-refractivity contribution in [3.63, 3.8) is 0 Å². The van der Waals surface area contributed by atoms with E-state index in [1.54, 1.807) is 53.4 Å². The molecule has 0 spiro atoms. The molecule has 1 saturated heterocycles. The minimum Gasteiger partial charge on any atom is -0.508 e. The smallest absolute Gasteiger partial charge is 0.335 e. The van der Waals surface area contributed by atoms with Gasteiger partial charge in [-0.2, -0.15) is 0 Å².